The summed E-state index contributed by atoms with van der Waals surface area (Å²) in [6.07, 6.45) is 0. The molecule has 1 heterocycles. The van der Waals surface area contributed by atoms with Crippen molar-refractivity contribution in [1.82, 2.24) is 5.32 Å². The van der Waals surface area contributed by atoms with Crippen LogP contribution in [0.15, 0.2) is 66.7 Å². The highest BCUT2D eigenvalue weighted by molar-refractivity contribution is 7.99. The summed E-state index contributed by atoms with van der Waals surface area (Å²) >= 11 is 7.61. The molecule has 8 heteroatoms. The van der Waals surface area contributed by atoms with Gasteiger partial charge in [-0.25, -0.2) is 0 Å². The Morgan fingerprint density at radius 3 is 2.42 bits per heavy atom. The third kappa shape index (κ3) is 5.07. The minimum atomic E-state index is -0.434. The van der Waals surface area contributed by atoms with Gasteiger partial charge in [0.15, 0.2) is 0 Å². The molecule has 0 fully saturated rings. The molecule has 156 valence electrons. The van der Waals surface area contributed by atoms with E-state index in [9.17, 15) is 14.4 Å². The number of hydrogen-bond acceptors (Lipinski definition) is 5. The number of nitrogens with one attached hydrogen (secondary N) is 2. The van der Waals surface area contributed by atoms with Crippen molar-refractivity contribution in [3.8, 4) is 11.5 Å². The fourth-order valence-electron chi connectivity index (χ4n) is 3.02. The number of thioether (sulfide) groups is 1. The molecule has 31 heavy (non-hydrogen) atoms. The van der Waals surface area contributed by atoms with E-state index in [1.807, 2.05) is 24.3 Å². The number of anilines is 1. The molecule has 0 spiro atoms. The van der Waals surface area contributed by atoms with Crippen molar-refractivity contribution in [2.24, 2.45) is 0 Å². The van der Waals surface area contributed by atoms with Crippen molar-refractivity contribution < 1.29 is 19.1 Å². The summed E-state index contributed by atoms with van der Waals surface area (Å²) in [5.41, 5.74) is 2.27. The van der Waals surface area contributed by atoms with Gasteiger partial charge in [0.2, 0.25) is 5.91 Å². The second-order valence-electron chi connectivity index (χ2n) is 6.75. The van der Waals surface area contributed by atoms with Crippen LogP contribution in [0.4, 0.5) is 5.69 Å². The van der Waals surface area contributed by atoms with E-state index >= 15 is 0 Å². The number of amides is 3. The fraction of sp³-hybridized carbons (Fsp3) is 0.0870. The van der Waals surface area contributed by atoms with Crippen LogP contribution in [0.1, 0.15) is 26.3 Å². The van der Waals surface area contributed by atoms with E-state index in [0.717, 1.165) is 5.56 Å². The highest BCUT2D eigenvalue weighted by Gasteiger charge is 2.26. The molecule has 0 atom stereocenters. The third-order valence-electron chi connectivity index (χ3n) is 4.53. The SMILES string of the molecule is O=C(CSCc1ccccc1Cl)Nc1ccc(Oc2ccc3c(c2)C(=O)NC3=O)cc1. The molecule has 3 aromatic carbocycles. The zero-order valence-electron chi connectivity index (χ0n) is 16.2. The van der Waals surface area contributed by atoms with E-state index in [0.29, 0.717) is 44.8 Å². The standard InChI is InChI=1S/C23H17ClN2O4S/c24-20-4-2-1-3-14(20)12-31-13-21(27)25-15-5-7-16(8-6-15)30-17-9-10-18-19(11-17)23(29)26-22(18)28/h1-11H,12-13H2,(H,25,27)(H,26,28,29). The first kappa shape index (κ1) is 21.0. The summed E-state index contributed by atoms with van der Waals surface area (Å²) in [6.45, 7) is 0. The molecular formula is C23H17ClN2O4S. The van der Waals surface area contributed by atoms with E-state index < -0.39 is 11.8 Å². The monoisotopic (exact) mass is 452 g/mol. The summed E-state index contributed by atoms with van der Waals surface area (Å²) in [5.74, 6) is 0.990. The largest absolute Gasteiger partial charge is 0.457 e. The fourth-order valence-corrected chi connectivity index (χ4v) is 4.13. The van der Waals surface area contributed by atoms with Crippen molar-refractivity contribution in [2.75, 3.05) is 11.1 Å². The first-order valence-electron chi connectivity index (χ1n) is 9.38. The minimum absolute atomic E-state index is 0.111. The average molecular weight is 453 g/mol. The Bertz CT molecular complexity index is 1160. The molecule has 0 unspecified atom stereocenters. The first-order chi connectivity index (χ1) is 15.0. The highest BCUT2D eigenvalue weighted by Crippen LogP contribution is 2.27. The minimum Gasteiger partial charge on any atom is -0.457 e. The number of rotatable bonds is 7. The van der Waals surface area contributed by atoms with Crippen LogP contribution in [-0.4, -0.2) is 23.5 Å². The van der Waals surface area contributed by atoms with Gasteiger partial charge in [-0.1, -0.05) is 29.8 Å². The molecule has 1 aliphatic heterocycles. The van der Waals surface area contributed by atoms with E-state index in [1.54, 1.807) is 36.4 Å². The van der Waals surface area contributed by atoms with Crippen LogP contribution in [0.25, 0.3) is 0 Å². The van der Waals surface area contributed by atoms with Gasteiger partial charge in [0.05, 0.1) is 16.9 Å². The molecule has 0 bridgehead atoms. The number of ether oxygens (including phenoxy) is 1. The Hall–Kier alpha value is -3.29. The molecule has 0 aromatic heterocycles. The lowest BCUT2D eigenvalue weighted by Gasteiger charge is -2.09. The van der Waals surface area contributed by atoms with Gasteiger partial charge in [0.25, 0.3) is 11.8 Å². The van der Waals surface area contributed by atoms with Crippen molar-refractivity contribution >= 4 is 46.8 Å². The normalized spacial score (nSPS) is 12.3. The molecule has 4 rings (SSSR count). The maximum absolute atomic E-state index is 12.2. The molecule has 3 aromatic rings. The molecular weight excluding hydrogens is 436 g/mol. The van der Waals surface area contributed by atoms with Gasteiger partial charge in [0, 0.05) is 16.5 Å². The molecule has 2 N–H and O–H groups in total. The Morgan fingerprint density at radius 2 is 1.65 bits per heavy atom. The van der Waals surface area contributed by atoms with Crippen LogP contribution in [0.2, 0.25) is 5.02 Å². The van der Waals surface area contributed by atoms with E-state index in [4.69, 9.17) is 16.3 Å². The van der Waals surface area contributed by atoms with Crippen LogP contribution in [0, 0.1) is 0 Å². The van der Waals surface area contributed by atoms with Gasteiger partial charge in [-0.3, -0.25) is 19.7 Å². The van der Waals surface area contributed by atoms with Crippen LogP contribution in [0.3, 0.4) is 0 Å². The summed E-state index contributed by atoms with van der Waals surface area (Å²) in [6, 6.07) is 19.2. The van der Waals surface area contributed by atoms with Crippen LogP contribution < -0.4 is 15.4 Å². The lowest BCUT2D eigenvalue weighted by atomic mass is 10.1. The Morgan fingerprint density at radius 1 is 0.935 bits per heavy atom. The van der Waals surface area contributed by atoms with Crippen molar-refractivity contribution in [1.29, 1.82) is 0 Å². The van der Waals surface area contributed by atoms with Crippen LogP contribution in [-0.2, 0) is 10.5 Å². The second-order valence-corrected chi connectivity index (χ2v) is 8.14. The van der Waals surface area contributed by atoms with Crippen LogP contribution in [0.5, 0.6) is 11.5 Å². The summed E-state index contributed by atoms with van der Waals surface area (Å²) in [7, 11) is 0. The predicted octanol–water partition coefficient (Wildman–Crippen LogP) is 4.89. The van der Waals surface area contributed by atoms with Crippen LogP contribution >= 0.6 is 23.4 Å². The lowest BCUT2D eigenvalue weighted by Crippen LogP contribution is -2.19. The van der Waals surface area contributed by atoms with Gasteiger partial charge in [-0.15, -0.1) is 11.8 Å². The zero-order chi connectivity index (χ0) is 21.8. The van der Waals surface area contributed by atoms with E-state index in [-0.39, 0.29) is 5.91 Å². The molecule has 0 saturated carbocycles. The number of imide groups is 1. The number of hydrogen-bond donors (Lipinski definition) is 2. The zero-order valence-corrected chi connectivity index (χ0v) is 17.8. The predicted molar refractivity (Wildman–Crippen MR) is 121 cm³/mol. The molecule has 1 aliphatic rings. The topological polar surface area (TPSA) is 84.5 Å². The molecule has 6 nitrogen and oxygen atoms in total. The van der Waals surface area contributed by atoms with Gasteiger partial charge in [-0.2, -0.15) is 0 Å². The molecule has 0 saturated heterocycles. The van der Waals surface area contributed by atoms with Crippen molar-refractivity contribution in [2.45, 2.75) is 5.75 Å². The van der Waals surface area contributed by atoms with Gasteiger partial charge in [-0.05, 0) is 54.1 Å². The van der Waals surface area contributed by atoms with Crippen molar-refractivity contribution in [3.63, 3.8) is 0 Å². The average Bonchev–Trinajstić information content (AvgIpc) is 3.04. The maximum atomic E-state index is 12.2. The summed E-state index contributed by atoms with van der Waals surface area (Å²) in [4.78, 5) is 35.5. The smallest absolute Gasteiger partial charge is 0.259 e. The molecule has 0 radical (unpaired) electrons. The third-order valence-corrected chi connectivity index (χ3v) is 5.88. The lowest BCUT2D eigenvalue weighted by molar-refractivity contribution is -0.113. The number of benzene rings is 3. The quantitative estimate of drug-likeness (QED) is 0.499. The second kappa shape index (κ2) is 9.24. The van der Waals surface area contributed by atoms with Gasteiger partial charge in [0.1, 0.15) is 11.5 Å². The van der Waals surface area contributed by atoms with Gasteiger partial charge < -0.3 is 10.1 Å². The van der Waals surface area contributed by atoms with Crippen molar-refractivity contribution in [3.05, 3.63) is 88.4 Å². The Labute approximate surface area is 187 Å². The number of halogens is 1. The Kier molecular flexibility index (Phi) is 6.25. The summed E-state index contributed by atoms with van der Waals surface area (Å²) in [5, 5.41) is 5.78. The molecule has 0 aliphatic carbocycles. The maximum Gasteiger partial charge on any atom is 0.259 e. The number of carbonyl (C=O) groups excluding carboxylic acids is 3. The Balaban J connectivity index is 1.30. The number of fused-ring (bicyclic) bond motifs is 1. The van der Waals surface area contributed by atoms with E-state index in [1.165, 1.54) is 17.8 Å². The molecule has 3 amide bonds. The highest BCUT2D eigenvalue weighted by atomic mass is 35.5. The van der Waals surface area contributed by atoms with Gasteiger partial charge >= 0.3 is 0 Å². The van der Waals surface area contributed by atoms with E-state index in [2.05, 4.69) is 10.6 Å². The first-order valence-corrected chi connectivity index (χ1v) is 10.9. The number of carbonyl (C=O) groups is 3. The summed E-state index contributed by atoms with van der Waals surface area (Å²) < 4.78 is 5.75.